The molecule has 0 aliphatic rings. The Balaban J connectivity index is 2.29. The monoisotopic (exact) mass is 277 g/mol. The predicted molar refractivity (Wildman–Crippen MR) is 74.8 cm³/mol. The lowest BCUT2D eigenvalue weighted by atomic mass is 10.3. The van der Waals surface area contributed by atoms with E-state index in [0.29, 0.717) is 12.4 Å². The molecule has 0 spiro atoms. The summed E-state index contributed by atoms with van der Waals surface area (Å²) in [6.45, 7) is 4.03. The zero-order valence-electron chi connectivity index (χ0n) is 10.5. The van der Waals surface area contributed by atoms with Crippen LogP contribution in [-0.2, 0) is 0 Å². The fraction of sp³-hybridized carbons (Fsp3) is 0.0769. The van der Waals surface area contributed by atoms with Crippen LogP contribution in [0.4, 0.5) is 31.8 Å². The highest BCUT2D eigenvalue weighted by Crippen LogP contribution is 2.27. The summed E-state index contributed by atoms with van der Waals surface area (Å²) in [6.07, 6.45) is 2.90. The molecule has 0 radical (unpaired) electrons. The summed E-state index contributed by atoms with van der Waals surface area (Å²) in [4.78, 5) is 7.87. The van der Waals surface area contributed by atoms with Crippen LogP contribution in [0.5, 0.6) is 0 Å². The van der Waals surface area contributed by atoms with Crippen LogP contribution in [-0.4, -0.2) is 16.5 Å². The smallest absolute Gasteiger partial charge is 0.159 e. The van der Waals surface area contributed by atoms with Crippen LogP contribution in [0.3, 0.4) is 0 Å². The number of nitrogen functional groups attached to an aromatic ring is 1. The Bertz CT molecular complexity index is 630. The van der Waals surface area contributed by atoms with Crippen LogP contribution >= 0.6 is 0 Å². The van der Waals surface area contributed by atoms with Crippen molar-refractivity contribution in [2.45, 2.75) is 0 Å². The van der Waals surface area contributed by atoms with Gasteiger partial charge in [0.2, 0.25) is 0 Å². The molecule has 1 aromatic heterocycles. The second-order valence-electron chi connectivity index (χ2n) is 3.90. The van der Waals surface area contributed by atoms with E-state index in [-0.39, 0.29) is 17.2 Å². The molecule has 1 heterocycles. The largest absolute Gasteiger partial charge is 0.393 e. The molecule has 0 aliphatic heterocycles. The molecule has 2 rings (SSSR count). The Kier molecular flexibility index (Phi) is 4.09. The lowest BCUT2D eigenvalue weighted by Crippen LogP contribution is -2.08. The van der Waals surface area contributed by atoms with Gasteiger partial charge in [0, 0.05) is 12.6 Å². The molecule has 0 unspecified atom stereocenters. The quantitative estimate of drug-likeness (QED) is 0.732. The molecule has 4 N–H and O–H groups in total. The van der Waals surface area contributed by atoms with Crippen LogP contribution in [0, 0.1) is 11.6 Å². The number of nitrogens with one attached hydrogen (secondary N) is 2. The molecule has 0 saturated carbocycles. The average Bonchev–Trinajstić information content (AvgIpc) is 2.44. The van der Waals surface area contributed by atoms with Crippen molar-refractivity contribution in [2.24, 2.45) is 0 Å². The highest BCUT2D eigenvalue weighted by Gasteiger charge is 2.10. The lowest BCUT2D eigenvalue weighted by molar-refractivity contribution is 0.603. The van der Waals surface area contributed by atoms with Crippen molar-refractivity contribution >= 4 is 23.0 Å². The number of rotatable bonds is 5. The molecule has 1 aromatic carbocycles. The molecule has 0 fully saturated rings. The zero-order chi connectivity index (χ0) is 14.5. The van der Waals surface area contributed by atoms with Crippen molar-refractivity contribution in [3.63, 3.8) is 0 Å². The van der Waals surface area contributed by atoms with Gasteiger partial charge in [-0.25, -0.2) is 18.7 Å². The summed E-state index contributed by atoms with van der Waals surface area (Å²) < 4.78 is 26.7. The maximum absolute atomic E-state index is 13.5. The minimum Gasteiger partial charge on any atom is -0.393 e. The zero-order valence-corrected chi connectivity index (χ0v) is 10.5. The van der Waals surface area contributed by atoms with Gasteiger partial charge in [-0.1, -0.05) is 6.08 Å². The predicted octanol–water partition coefficient (Wildman–Crippen LogP) is 2.68. The summed E-state index contributed by atoms with van der Waals surface area (Å²) in [5.41, 5.74) is 6.02. The Morgan fingerprint density at radius 2 is 2.00 bits per heavy atom. The average molecular weight is 277 g/mol. The second kappa shape index (κ2) is 5.96. The maximum Gasteiger partial charge on any atom is 0.159 e. The summed E-state index contributed by atoms with van der Waals surface area (Å²) in [7, 11) is 0. The normalized spacial score (nSPS) is 10.1. The molecule has 0 atom stereocenters. The van der Waals surface area contributed by atoms with Gasteiger partial charge in [0.25, 0.3) is 0 Å². The number of hydrogen-bond acceptors (Lipinski definition) is 5. The Hall–Kier alpha value is -2.70. The molecule has 104 valence electrons. The summed E-state index contributed by atoms with van der Waals surface area (Å²) in [5, 5.41) is 5.55. The minimum atomic E-state index is -0.606. The number of nitrogens with two attached hydrogens (primary N) is 1. The summed E-state index contributed by atoms with van der Waals surface area (Å²) in [6, 6.07) is 3.07. The summed E-state index contributed by atoms with van der Waals surface area (Å²) >= 11 is 0. The van der Waals surface area contributed by atoms with E-state index in [1.807, 2.05) is 0 Å². The Labute approximate surface area is 114 Å². The number of halogens is 2. The van der Waals surface area contributed by atoms with Crippen molar-refractivity contribution < 1.29 is 8.78 Å². The molecule has 2 aromatic rings. The number of anilines is 4. The van der Waals surface area contributed by atoms with Gasteiger partial charge in [0.05, 0.1) is 5.69 Å². The van der Waals surface area contributed by atoms with Crippen molar-refractivity contribution in [1.82, 2.24) is 9.97 Å². The Morgan fingerprint density at radius 1 is 1.25 bits per heavy atom. The number of benzene rings is 1. The third-order valence-corrected chi connectivity index (χ3v) is 2.48. The number of hydrogen-bond donors (Lipinski definition) is 3. The van der Waals surface area contributed by atoms with E-state index in [1.165, 1.54) is 6.33 Å². The number of nitrogens with zero attached hydrogens (tertiary/aromatic N) is 2. The van der Waals surface area contributed by atoms with Crippen LogP contribution in [0.15, 0.2) is 37.2 Å². The van der Waals surface area contributed by atoms with E-state index in [1.54, 1.807) is 6.08 Å². The molecular weight excluding hydrogens is 264 g/mol. The molecule has 20 heavy (non-hydrogen) atoms. The Morgan fingerprint density at radius 3 is 2.75 bits per heavy atom. The second-order valence-corrected chi connectivity index (χ2v) is 3.90. The highest BCUT2D eigenvalue weighted by atomic mass is 19.1. The fourth-order valence-corrected chi connectivity index (χ4v) is 1.53. The molecule has 5 nitrogen and oxygen atoms in total. The minimum absolute atomic E-state index is 0.0509. The van der Waals surface area contributed by atoms with Crippen molar-refractivity contribution in [3.05, 3.63) is 48.8 Å². The molecule has 0 saturated heterocycles. The first kappa shape index (κ1) is 13.7. The van der Waals surface area contributed by atoms with Gasteiger partial charge in [-0.15, -0.1) is 6.58 Å². The molecule has 0 aliphatic carbocycles. The maximum atomic E-state index is 13.5. The van der Waals surface area contributed by atoms with Crippen LogP contribution in [0.1, 0.15) is 0 Å². The lowest BCUT2D eigenvalue weighted by Gasteiger charge is -2.12. The van der Waals surface area contributed by atoms with E-state index in [9.17, 15) is 8.78 Å². The molecule has 0 amide bonds. The van der Waals surface area contributed by atoms with Gasteiger partial charge in [-0.3, -0.25) is 0 Å². The van der Waals surface area contributed by atoms with Gasteiger partial charge in [-0.2, -0.15) is 0 Å². The first-order valence-corrected chi connectivity index (χ1v) is 5.79. The van der Waals surface area contributed by atoms with Crippen LogP contribution < -0.4 is 16.4 Å². The molecular formula is C13H13F2N5. The first-order chi connectivity index (χ1) is 9.61. The third kappa shape index (κ3) is 3.00. The standard InChI is InChI=1S/C13H13F2N5/c1-2-5-17-12-11(16)13(19-7-18-12)20-10-6-8(14)3-4-9(10)15/h2-4,6-7H,1,5,16H2,(H2,17,18,19,20). The SMILES string of the molecule is C=CCNc1ncnc(Nc2cc(F)ccc2F)c1N. The molecule has 0 bridgehead atoms. The van der Waals surface area contributed by atoms with Crippen LogP contribution in [0.25, 0.3) is 0 Å². The van der Waals surface area contributed by atoms with E-state index in [2.05, 4.69) is 27.2 Å². The molecule has 7 heteroatoms. The van der Waals surface area contributed by atoms with E-state index in [4.69, 9.17) is 5.73 Å². The van der Waals surface area contributed by atoms with Crippen molar-refractivity contribution in [3.8, 4) is 0 Å². The van der Waals surface area contributed by atoms with E-state index < -0.39 is 11.6 Å². The van der Waals surface area contributed by atoms with Crippen molar-refractivity contribution in [2.75, 3.05) is 22.9 Å². The van der Waals surface area contributed by atoms with Crippen LogP contribution in [0.2, 0.25) is 0 Å². The fourth-order valence-electron chi connectivity index (χ4n) is 1.53. The first-order valence-electron chi connectivity index (χ1n) is 5.79. The number of aromatic nitrogens is 2. The van der Waals surface area contributed by atoms with E-state index in [0.717, 1.165) is 18.2 Å². The van der Waals surface area contributed by atoms with Gasteiger partial charge in [-0.05, 0) is 12.1 Å². The highest BCUT2D eigenvalue weighted by molar-refractivity contribution is 5.77. The third-order valence-electron chi connectivity index (χ3n) is 2.48. The van der Waals surface area contributed by atoms with Gasteiger partial charge in [0.15, 0.2) is 11.6 Å². The van der Waals surface area contributed by atoms with Crippen molar-refractivity contribution in [1.29, 1.82) is 0 Å². The topological polar surface area (TPSA) is 75.9 Å². The van der Waals surface area contributed by atoms with Gasteiger partial charge >= 0.3 is 0 Å². The van der Waals surface area contributed by atoms with Gasteiger partial charge < -0.3 is 16.4 Å². The van der Waals surface area contributed by atoms with E-state index >= 15 is 0 Å². The van der Waals surface area contributed by atoms with Gasteiger partial charge in [0.1, 0.15) is 23.6 Å². The summed E-state index contributed by atoms with van der Waals surface area (Å²) in [5.74, 6) is -0.591.